The van der Waals surface area contributed by atoms with Crippen molar-refractivity contribution < 1.29 is 9.90 Å². The van der Waals surface area contributed by atoms with Gasteiger partial charge in [-0.1, -0.05) is 31.2 Å². The maximum Gasteiger partial charge on any atom is 0.304 e. The second-order valence-corrected chi connectivity index (χ2v) is 4.83. The van der Waals surface area contributed by atoms with Crippen LogP contribution in [0.15, 0.2) is 24.3 Å². The molecule has 0 unspecified atom stereocenters. The molecule has 0 bridgehead atoms. The third-order valence-corrected chi connectivity index (χ3v) is 3.22. The van der Waals surface area contributed by atoms with Crippen molar-refractivity contribution in [2.45, 2.75) is 46.2 Å². The molecule has 0 aliphatic carbocycles. The lowest BCUT2D eigenvalue weighted by atomic mass is 10.0. The summed E-state index contributed by atoms with van der Waals surface area (Å²) in [5, 5.41) is 8.78. The van der Waals surface area contributed by atoms with Gasteiger partial charge in [0.1, 0.15) is 0 Å². The van der Waals surface area contributed by atoms with E-state index in [1.54, 1.807) is 0 Å². The molecule has 0 aliphatic heterocycles. The lowest BCUT2D eigenvalue weighted by Crippen LogP contribution is -2.32. The molecule has 0 saturated heterocycles. The number of nitrogens with zero attached hydrogens (tertiary/aromatic N) is 1. The number of carboxylic acid groups (broad SMARTS) is 1. The van der Waals surface area contributed by atoms with E-state index in [1.807, 2.05) is 6.07 Å². The Morgan fingerprint density at radius 3 is 2.39 bits per heavy atom. The summed E-state index contributed by atoms with van der Waals surface area (Å²) in [6.45, 7) is 7.79. The minimum Gasteiger partial charge on any atom is -0.481 e. The molecule has 0 aromatic heterocycles. The Labute approximate surface area is 109 Å². The summed E-state index contributed by atoms with van der Waals surface area (Å²) < 4.78 is 0. The molecule has 0 atom stereocenters. The first-order valence-electron chi connectivity index (χ1n) is 6.57. The topological polar surface area (TPSA) is 40.5 Å². The van der Waals surface area contributed by atoms with E-state index < -0.39 is 5.97 Å². The van der Waals surface area contributed by atoms with Gasteiger partial charge < -0.3 is 5.11 Å². The number of carbonyl (C=O) groups is 1. The number of rotatable bonds is 7. The molecule has 0 amide bonds. The number of hydrogen-bond donors (Lipinski definition) is 1. The van der Waals surface area contributed by atoms with Crippen molar-refractivity contribution in [3.8, 4) is 0 Å². The van der Waals surface area contributed by atoms with Crippen LogP contribution in [0.5, 0.6) is 0 Å². The summed E-state index contributed by atoms with van der Waals surface area (Å²) in [6, 6.07) is 8.73. The van der Waals surface area contributed by atoms with Crippen LogP contribution in [-0.2, 0) is 17.8 Å². The van der Waals surface area contributed by atoms with Crippen molar-refractivity contribution in [2.24, 2.45) is 0 Å². The Morgan fingerprint density at radius 2 is 1.89 bits per heavy atom. The quantitative estimate of drug-likeness (QED) is 0.807. The maximum absolute atomic E-state index is 10.7. The van der Waals surface area contributed by atoms with Gasteiger partial charge in [-0.15, -0.1) is 0 Å². The van der Waals surface area contributed by atoms with Crippen molar-refractivity contribution >= 4 is 5.97 Å². The van der Waals surface area contributed by atoms with Gasteiger partial charge in [0, 0.05) is 19.1 Å². The average molecular weight is 249 g/mol. The first kappa shape index (κ1) is 14.7. The fraction of sp³-hybridized carbons (Fsp3) is 0.533. The molecule has 1 rings (SSSR count). The molecule has 1 N–H and O–H groups in total. The first-order valence-corrected chi connectivity index (χ1v) is 6.57. The summed E-state index contributed by atoms with van der Waals surface area (Å²) >= 11 is 0. The molecule has 3 nitrogen and oxygen atoms in total. The Morgan fingerprint density at radius 1 is 1.28 bits per heavy atom. The molecule has 0 fully saturated rings. The van der Waals surface area contributed by atoms with Crippen molar-refractivity contribution in [3.05, 3.63) is 35.4 Å². The molecule has 0 radical (unpaired) electrons. The summed E-state index contributed by atoms with van der Waals surface area (Å²) in [6.07, 6.45) is 1.22. The van der Waals surface area contributed by atoms with Crippen LogP contribution in [0.1, 0.15) is 38.3 Å². The van der Waals surface area contributed by atoms with Crippen molar-refractivity contribution in [1.29, 1.82) is 0 Å². The first-order chi connectivity index (χ1) is 8.54. The SMILES string of the molecule is CCc1ccccc1CN(CCC(=O)O)C(C)C. The molecule has 3 heteroatoms. The molecule has 0 spiro atoms. The van der Waals surface area contributed by atoms with Gasteiger partial charge in [0.25, 0.3) is 0 Å². The highest BCUT2D eigenvalue weighted by atomic mass is 16.4. The van der Waals surface area contributed by atoms with E-state index >= 15 is 0 Å². The zero-order valence-corrected chi connectivity index (χ0v) is 11.5. The van der Waals surface area contributed by atoms with Gasteiger partial charge in [-0.25, -0.2) is 0 Å². The second-order valence-electron chi connectivity index (χ2n) is 4.83. The van der Waals surface area contributed by atoms with Gasteiger partial charge in [-0.05, 0) is 31.4 Å². The van der Waals surface area contributed by atoms with Gasteiger partial charge >= 0.3 is 5.97 Å². The number of aryl methyl sites for hydroxylation is 1. The molecule has 1 aromatic carbocycles. The van der Waals surface area contributed by atoms with E-state index in [0.29, 0.717) is 12.6 Å². The Balaban J connectivity index is 2.73. The monoisotopic (exact) mass is 249 g/mol. The van der Waals surface area contributed by atoms with Gasteiger partial charge in [0.15, 0.2) is 0 Å². The number of carboxylic acids is 1. The van der Waals surface area contributed by atoms with Crippen LogP contribution in [0.25, 0.3) is 0 Å². The smallest absolute Gasteiger partial charge is 0.304 e. The average Bonchev–Trinajstić information content (AvgIpc) is 2.34. The van der Waals surface area contributed by atoms with Gasteiger partial charge in [0.2, 0.25) is 0 Å². The number of benzene rings is 1. The highest BCUT2D eigenvalue weighted by Gasteiger charge is 2.13. The highest BCUT2D eigenvalue weighted by Crippen LogP contribution is 2.14. The molecular weight excluding hydrogens is 226 g/mol. The minimum absolute atomic E-state index is 0.201. The standard InChI is InChI=1S/C15H23NO2/c1-4-13-7-5-6-8-14(13)11-16(12(2)3)10-9-15(17)18/h5-8,12H,4,9-11H2,1-3H3,(H,17,18). The van der Waals surface area contributed by atoms with Gasteiger partial charge in [-0.2, -0.15) is 0 Å². The molecule has 0 heterocycles. The van der Waals surface area contributed by atoms with E-state index in [4.69, 9.17) is 5.11 Å². The predicted octanol–water partition coefficient (Wildman–Crippen LogP) is 2.93. The molecule has 18 heavy (non-hydrogen) atoms. The molecule has 0 aliphatic rings. The third-order valence-electron chi connectivity index (χ3n) is 3.22. The summed E-state index contributed by atoms with van der Waals surface area (Å²) in [7, 11) is 0. The second kappa shape index (κ2) is 7.17. The van der Waals surface area contributed by atoms with Crippen LogP contribution in [0, 0.1) is 0 Å². The number of aliphatic carboxylic acids is 1. The fourth-order valence-corrected chi connectivity index (χ4v) is 2.03. The van der Waals surface area contributed by atoms with E-state index in [0.717, 1.165) is 13.0 Å². The van der Waals surface area contributed by atoms with Gasteiger partial charge in [-0.3, -0.25) is 9.69 Å². The minimum atomic E-state index is -0.732. The fourth-order valence-electron chi connectivity index (χ4n) is 2.03. The van der Waals surface area contributed by atoms with Crippen LogP contribution in [-0.4, -0.2) is 28.6 Å². The lowest BCUT2D eigenvalue weighted by molar-refractivity contribution is -0.137. The van der Waals surface area contributed by atoms with Crippen LogP contribution in [0.4, 0.5) is 0 Å². The van der Waals surface area contributed by atoms with Crippen molar-refractivity contribution in [2.75, 3.05) is 6.54 Å². The molecule has 100 valence electrons. The van der Waals surface area contributed by atoms with E-state index in [1.165, 1.54) is 11.1 Å². The zero-order valence-electron chi connectivity index (χ0n) is 11.5. The van der Waals surface area contributed by atoms with Crippen LogP contribution < -0.4 is 0 Å². The summed E-state index contributed by atoms with van der Waals surface area (Å²) in [4.78, 5) is 12.9. The van der Waals surface area contributed by atoms with E-state index in [9.17, 15) is 4.79 Å². The van der Waals surface area contributed by atoms with Gasteiger partial charge in [0.05, 0.1) is 6.42 Å². The van der Waals surface area contributed by atoms with Crippen LogP contribution in [0.2, 0.25) is 0 Å². The van der Waals surface area contributed by atoms with E-state index in [-0.39, 0.29) is 6.42 Å². The molecule has 1 aromatic rings. The third kappa shape index (κ3) is 4.49. The highest BCUT2D eigenvalue weighted by molar-refractivity contribution is 5.66. The zero-order chi connectivity index (χ0) is 13.5. The maximum atomic E-state index is 10.7. The van der Waals surface area contributed by atoms with Crippen LogP contribution >= 0.6 is 0 Å². The Hall–Kier alpha value is -1.35. The molecular formula is C15H23NO2. The number of hydrogen-bond acceptors (Lipinski definition) is 2. The Kier molecular flexibility index (Phi) is 5.86. The van der Waals surface area contributed by atoms with Crippen molar-refractivity contribution in [3.63, 3.8) is 0 Å². The lowest BCUT2D eigenvalue weighted by Gasteiger charge is -2.26. The normalized spacial score (nSPS) is 11.2. The summed E-state index contributed by atoms with van der Waals surface area (Å²) in [5.74, 6) is -0.732. The Bertz CT molecular complexity index is 388. The predicted molar refractivity (Wildman–Crippen MR) is 73.6 cm³/mol. The van der Waals surface area contributed by atoms with E-state index in [2.05, 4.69) is 43.9 Å². The van der Waals surface area contributed by atoms with Crippen LogP contribution in [0.3, 0.4) is 0 Å². The molecule has 0 saturated carbocycles. The summed E-state index contributed by atoms with van der Waals surface area (Å²) in [5.41, 5.74) is 2.65. The van der Waals surface area contributed by atoms with Crippen molar-refractivity contribution in [1.82, 2.24) is 4.90 Å². The largest absolute Gasteiger partial charge is 0.481 e.